The third-order valence-corrected chi connectivity index (χ3v) is 2.95. The van der Waals surface area contributed by atoms with Gasteiger partial charge in [0.25, 0.3) is 0 Å². The first-order valence-corrected chi connectivity index (χ1v) is 6.83. The van der Waals surface area contributed by atoms with Crippen molar-refractivity contribution in [3.05, 3.63) is 35.4 Å². The van der Waals surface area contributed by atoms with Gasteiger partial charge in [-0.1, -0.05) is 29.8 Å². The fourth-order valence-electron chi connectivity index (χ4n) is 1.88. The van der Waals surface area contributed by atoms with Gasteiger partial charge >= 0.3 is 0 Å². The first-order valence-electron chi connectivity index (χ1n) is 6.83. The number of carbonyl (C=O) groups is 2. The summed E-state index contributed by atoms with van der Waals surface area (Å²) in [5, 5.41) is 5.61. The van der Waals surface area contributed by atoms with Gasteiger partial charge in [0.05, 0.1) is 12.5 Å². The molecule has 5 heteroatoms. The molecule has 0 aliphatic rings. The molecule has 0 aliphatic heterocycles. The minimum atomic E-state index is -0.300. The minimum absolute atomic E-state index is 0.0854. The van der Waals surface area contributed by atoms with Gasteiger partial charge in [-0.2, -0.15) is 0 Å². The first kappa shape index (κ1) is 16.2. The lowest BCUT2D eigenvalue weighted by atomic mass is 10.0. The number of nitrogens with two attached hydrogens (primary N) is 1. The van der Waals surface area contributed by atoms with Crippen LogP contribution in [0.25, 0.3) is 0 Å². The second kappa shape index (κ2) is 8.32. The molecule has 5 nitrogen and oxygen atoms in total. The quantitative estimate of drug-likeness (QED) is 0.651. The van der Waals surface area contributed by atoms with Crippen molar-refractivity contribution in [2.75, 3.05) is 13.1 Å². The Bertz CT molecular complexity index is 443. The molecule has 1 rings (SSSR count). The Kier molecular flexibility index (Phi) is 6.73. The SMILES string of the molecule is CC(=O)NC(CC(=O)NCCCN)c1ccc(C)cc1. The van der Waals surface area contributed by atoms with Gasteiger partial charge in [0.2, 0.25) is 11.8 Å². The number of aryl methyl sites for hydroxylation is 1. The molecule has 0 fully saturated rings. The highest BCUT2D eigenvalue weighted by Crippen LogP contribution is 2.17. The fraction of sp³-hybridized carbons (Fsp3) is 0.467. The molecule has 0 bridgehead atoms. The van der Waals surface area contributed by atoms with Gasteiger partial charge in [0, 0.05) is 13.5 Å². The molecule has 1 unspecified atom stereocenters. The summed E-state index contributed by atoms with van der Waals surface area (Å²) in [5.41, 5.74) is 7.45. The van der Waals surface area contributed by atoms with E-state index in [1.165, 1.54) is 6.92 Å². The number of amides is 2. The van der Waals surface area contributed by atoms with E-state index in [9.17, 15) is 9.59 Å². The summed E-state index contributed by atoms with van der Waals surface area (Å²) >= 11 is 0. The average molecular weight is 277 g/mol. The molecule has 0 spiro atoms. The van der Waals surface area contributed by atoms with Crippen molar-refractivity contribution in [3.8, 4) is 0 Å². The van der Waals surface area contributed by atoms with Gasteiger partial charge in [-0.15, -0.1) is 0 Å². The van der Waals surface area contributed by atoms with E-state index in [4.69, 9.17) is 5.73 Å². The van der Waals surface area contributed by atoms with Crippen molar-refractivity contribution >= 4 is 11.8 Å². The average Bonchev–Trinajstić information content (AvgIpc) is 2.38. The van der Waals surface area contributed by atoms with Gasteiger partial charge in [0.1, 0.15) is 0 Å². The summed E-state index contributed by atoms with van der Waals surface area (Å²) < 4.78 is 0. The van der Waals surface area contributed by atoms with E-state index >= 15 is 0 Å². The van der Waals surface area contributed by atoms with Crippen molar-refractivity contribution in [2.45, 2.75) is 32.7 Å². The summed E-state index contributed by atoms with van der Waals surface area (Å²) in [6.45, 7) is 4.56. The maximum Gasteiger partial charge on any atom is 0.222 e. The summed E-state index contributed by atoms with van der Waals surface area (Å²) in [6.07, 6.45) is 0.980. The van der Waals surface area contributed by atoms with Crippen LogP contribution in [0, 0.1) is 6.92 Å². The normalized spacial score (nSPS) is 11.8. The molecule has 20 heavy (non-hydrogen) atoms. The number of rotatable bonds is 7. The third-order valence-electron chi connectivity index (χ3n) is 2.95. The highest BCUT2D eigenvalue weighted by Gasteiger charge is 2.16. The molecule has 0 saturated heterocycles. The standard InChI is InChI=1S/C15H23N3O2/c1-11-4-6-13(7-5-11)14(18-12(2)19)10-15(20)17-9-3-8-16/h4-7,14H,3,8-10,16H2,1-2H3,(H,17,20)(H,18,19). The zero-order chi connectivity index (χ0) is 15.0. The molecular formula is C15H23N3O2. The summed E-state index contributed by atoms with van der Waals surface area (Å²) in [4.78, 5) is 23.1. The maximum absolute atomic E-state index is 11.8. The zero-order valence-electron chi connectivity index (χ0n) is 12.1. The van der Waals surface area contributed by atoms with E-state index in [-0.39, 0.29) is 24.3 Å². The third kappa shape index (κ3) is 5.84. The number of benzene rings is 1. The van der Waals surface area contributed by atoms with Crippen molar-refractivity contribution < 1.29 is 9.59 Å². The maximum atomic E-state index is 11.8. The predicted octanol–water partition coefficient (Wildman–Crippen LogP) is 1.03. The molecule has 0 saturated carbocycles. The number of hydrogen-bond acceptors (Lipinski definition) is 3. The van der Waals surface area contributed by atoms with Crippen LogP contribution in [0.4, 0.5) is 0 Å². The Labute approximate surface area is 119 Å². The van der Waals surface area contributed by atoms with Crippen molar-refractivity contribution in [2.24, 2.45) is 5.73 Å². The van der Waals surface area contributed by atoms with Crippen LogP contribution < -0.4 is 16.4 Å². The van der Waals surface area contributed by atoms with Crippen molar-refractivity contribution in [1.82, 2.24) is 10.6 Å². The molecule has 0 radical (unpaired) electrons. The largest absolute Gasteiger partial charge is 0.356 e. The summed E-state index contributed by atoms with van der Waals surface area (Å²) in [7, 11) is 0. The van der Waals surface area contributed by atoms with Crippen LogP contribution in [0.15, 0.2) is 24.3 Å². The lowest BCUT2D eigenvalue weighted by Crippen LogP contribution is -2.33. The minimum Gasteiger partial charge on any atom is -0.356 e. The van der Waals surface area contributed by atoms with Crippen molar-refractivity contribution in [1.29, 1.82) is 0 Å². The van der Waals surface area contributed by atoms with E-state index in [1.807, 2.05) is 31.2 Å². The molecule has 0 heterocycles. The second-order valence-corrected chi connectivity index (χ2v) is 4.86. The van der Waals surface area contributed by atoms with E-state index in [0.29, 0.717) is 13.1 Å². The molecule has 4 N–H and O–H groups in total. The molecule has 0 aromatic heterocycles. The Balaban J connectivity index is 2.67. The first-order chi connectivity index (χ1) is 9.52. The Hall–Kier alpha value is -1.88. The lowest BCUT2D eigenvalue weighted by Gasteiger charge is -2.18. The summed E-state index contributed by atoms with van der Waals surface area (Å²) in [5.74, 6) is -0.233. The predicted molar refractivity (Wildman–Crippen MR) is 79.0 cm³/mol. The summed E-state index contributed by atoms with van der Waals surface area (Å²) in [6, 6.07) is 7.50. The molecule has 1 aromatic carbocycles. The van der Waals surface area contributed by atoms with Crippen LogP contribution in [0.3, 0.4) is 0 Å². The fourth-order valence-corrected chi connectivity index (χ4v) is 1.88. The number of hydrogen-bond donors (Lipinski definition) is 3. The van der Waals surface area contributed by atoms with Gasteiger partial charge in [-0.05, 0) is 25.5 Å². The highest BCUT2D eigenvalue weighted by molar-refractivity contribution is 5.79. The van der Waals surface area contributed by atoms with Crippen LogP contribution in [0.2, 0.25) is 0 Å². The van der Waals surface area contributed by atoms with E-state index in [2.05, 4.69) is 10.6 Å². The number of carbonyl (C=O) groups excluding carboxylic acids is 2. The van der Waals surface area contributed by atoms with Gasteiger partial charge < -0.3 is 16.4 Å². The monoisotopic (exact) mass is 277 g/mol. The van der Waals surface area contributed by atoms with Crippen molar-refractivity contribution in [3.63, 3.8) is 0 Å². The van der Waals surface area contributed by atoms with Crippen LogP contribution in [0.5, 0.6) is 0 Å². The van der Waals surface area contributed by atoms with E-state index in [0.717, 1.165) is 17.5 Å². The number of nitrogens with one attached hydrogen (secondary N) is 2. The van der Waals surface area contributed by atoms with Crippen LogP contribution in [0.1, 0.15) is 36.9 Å². The smallest absolute Gasteiger partial charge is 0.222 e. The molecule has 110 valence electrons. The Morgan fingerprint density at radius 3 is 2.45 bits per heavy atom. The van der Waals surface area contributed by atoms with Gasteiger partial charge in [0.15, 0.2) is 0 Å². The Morgan fingerprint density at radius 2 is 1.90 bits per heavy atom. The topological polar surface area (TPSA) is 84.2 Å². The molecule has 1 atom stereocenters. The van der Waals surface area contributed by atoms with E-state index in [1.54, 1.807) is 0 Å². The molecule has 2 amide bonds. The zero-order valence-corrected chi connectivity index (χ0v) is 12.1. The molecule has 1 aromatic rings. The second-order valence-electron chi connectivity index (χ2n) is 4.86. The van der Waals surface area contributed by atoms with E-state index < -0.39 is 0 Å². The molecule has 0 aliphatic carbocycles. The molecular weight excluding hydrogens is 254 g/mol. The highest BCUT2D eigenvalue weighted by atomic mass is 16.2. The van der Waals surface area contributed by atoms with Crippen LogP contribution in [-0.4, -0.2) is 24.9 Å². The van der Waals surface area contributed by atoms with Gasteiger partial charge in [-0.25, -0.2) is 0 Å². The Morgan fingerprint density at radius 1 is 1.25 bits per heavy atom. The van der Waals surface area contributed by atoms with Gasteiger partial charge in [-0.3, -0.25) is 9.59 Å². The van der Waals surface area contributed by atoms with Crippen LogP contribution in [-0.2, 0) is 9.59 Å². The lowest BCUT2D eigenvalue weighted by molar-refractivity contribution is -0.122. The van der Waals surface area contributed by atoms with Crippen LogP contribution >= 0.6 is 0 Å².